The number of carbonyl (C=O) groups is 2. The van der Waals surface area contributed by atoms with Crippen molar-refractivity contribution in [2.24, 2.45) is 0 Å². The van der Waals surface area contributed by atoms with Gasteiger partial charge in [0.2, 0.25) is 11.8 Å². The highest BCUT2D eigenvalue weighted by Gasteiger charge is 2.12. The maximum atomic E-state index is 11.7. The Hall–Kier alpha value is -2.37. The van der Waals surface area contributed by atoms with Gasteiger partial charge in [0.05, 0.1) is 7.11 Å². The van der Waals surface area contributed by atoms with Gasteiger partial charge in [0.1, 0.15) is 0 Å². The molecule has 0 spiro atoms. The number of nitrogens with one attached hydrogen (secondary N) is 1. The molecule has 1 aromatic rings. The Kier molecular flexibility index (Phi) is 5.05. The number of aromatic nitrogens is 1. The van der Waals surface area contributed by atoms with Crippen molar-refractivity contribution in [1.29, 1.82) is 0 Å². The van der Waals surface area contributed by atoms with E-state index >= 15 is 0 Å². The van der Waals surface area contributed by atoms with E-state index in [0.717, 1.165) is 5.56 Å². The van der Waals surface area contributed by atoms with Gasteiger partial charge in [-0.1, -0.05) is 6.07 Å². The predicted octanol–water partition coefficient (Wildman–Crippen LogP) is 1.13. The number of hydrogen-bond acceptors (Lipinski definition) is 4. The molecule has 0 atom stereocenters. The molecule has 0 saturated carbocycles. The Morgan fingerprint density at radius 1 is 1.32 bits per heavy atom. The second kappa shape index (κ2) is 6.53. The first-order valence-corrected chi connectivity index (χ1v) is 5.63. The number of carboxylic acid groups (broad SMARTS) is 1. The van der Waals surface area contributed by atoms with Crippen molar-refractivity contribution in [3.63, 3.8) is 0 Å². The first-order chi connectivity index (χ1) is 8.95. The number of amides is 1. The third kappa shape index (κ3) is 4.09. The summed E-state index contributed by atoms with van der Waals surface area (Å²) in [6.45, 7) is 3.15. The number of hydrogen-bond donors (Lipinski definition) is 2. The SMILES string of the molecule is COc1ccc(CNC(=O)C(C)=C(C)C(=O)O)cn1. The quantitative estimate of drug-likeness (QED) is 0.778. The van der Waals surface area contributed by atoms with Gasteiger partial charge in [0.25, 0.3) is 0 Å². The molecule has 0 saturated heterocycles. The predicted molar refractivity (Wildman–Crippen MR) is 68.6 cm³/mol. The minimum absolute atomic E-state index is 0.0327. The number of aliphatic carboxylic acids is 1. The monoisotopic (exact) mass is 264 g/mol. The molecule has 0 fully saturated rings. The standard InChI is InChI=1S/C13H16N2O4/c1-8(9(2)13(17)18)12(16)15-7-10-4-5-11(19-3)14-6-10/h4-6H,7H2,1-3H3,(H,15,16)(H,17,18). The molecule has 6 heteroatoms. The first-order valence-electron chi connectivity index (χ1n) is 5.63. The van der Waals surface area contributed by atoms with Crippen molar-refractivity contribution in [3.05, 3.63) is 35.0 Å². The Balaban J connectivity index is 2.63. The number of carboxylic acids is 1. The van der Waals surface area contributed by atoms with Crippen LogP contribution in [0.1, 0.15) is 19.4 Å². The van der Waals surface area contributed by atoms with Gasteiger partial charge in [0, 0.05) is 30.0 Å². The van der Waals surface area contributed by atoms with Crippen LogP contribution in [0.25, 0.3) is 0 Å². The van der Waals surface area contributed by atoms with Crippen LogP contribution in [0.3, 0.4) is 0 Å². The maximum absolute atomic E-state index is 11.7. The molecule has 1 amide bonds. The molecule has 102 valence electrons. The van der Waals surface area contributed by atoms with Crippen LogP contribution in [0.4, 0.5) is 0 Å². The molecule has 1 aromatic heterocycles. The average Bonchev–Trinajstić information content (AvgIpc) is 2.43. The molecular weight excluding hydrogens is 248 g/mol. The van der Waals surface area contributed by atoms with E-state index in [1.54, 1.807) is 18.3 Å². The van der Waals surface area contributed by atoms with E-state index in [1.165, 1.54) is 21.0 Å². The van der Waals surface area contributed by atoms with Gasteiger partial charge >= 0.3 is 5.97 Å². The fraction of sp³-hybridized carbons (Fsp3) is 0.308. The summed E-state index contributed by atoms with van der Waals surface area (Å²) in [5, 5.41) is 11.4. The first kappa shape index (κ1) is 14.7. The van der Waals surface area contributed by atoms with Crippen molar-refractivity contribution in [2.75, 3.05) is 7.11 Å². The van der Waals surface area contributed by atoms with Gasteiger partial charge in [0.15, 0.2) is 0 Å². The summed E-state index contributed by atoms with van der Waals surface area (Å²) >= 11 is 0. The van der Waals surface area contributed by atoms with Gasteiger partial charge < -0.3 is 15.2 Å². The van der Waals surface area contributed by atoms with Crippen LogP contribution in [0.2, 0.25) is 0 Å². The van der Waals surface area contributed by atoms with Crippen LogP contribution >= 0.6 is 0 Å². The topological polar surface area (TPSA) is 88.5 Å². The largest absolute Gasteiger partial charge is 0.481 e. The maximum Gasteiger partial charge on any atom is 0.331 e. The van der Waals surface area contributed by atoms with E-state index in [9.17, 15) is 9.59 Å². The van der Waals surface area contributed by atoms with Crippen molar-refractivity contribution < 1.29 is 19.4 Å². The molecule has 0 radical (unpaired) electrons. The molecule has 1 rings (SSSR count). The van der Waals surface area contributed by atoms with Gasteiger partial charge in [-0.25, -0.2) is 9.78 Å². The zero-order valence-electron chi connectivity index (χ0n) is 11.1. The van der Waals surface area contributed by atoms with Gasteiger partial charge in [-0.15, -0.1) is 0 Å². The zero-order valence-corrected chi connectivity index (χ0v) is 11.1. The van der Waals surface area contributed by atoms with E-state index in [4.69, 9.17) is 9.84 Å². The lowest BCUT2D eigenvalue weighted by Crippen LogP contribution is -2.25. The van der Waals surface area contributed by atoms with E-state index in [-0.39, 0.29) is 17.7 Å². The lowest BCUT2D eigenvalue weighted by Gasteiger charge is -2.07. The number of nitrogens with zero attached hydrogens (tertiary/aromatic N) is 1. The van der Waals surface area contributed by atoms with Gasteiger partial charge in [-0.3, -0.25) is 4.79 Å². The van der Waals surface area contributed by atoms with Crippen LogP contribution in [0.15, 0.2) is 29.5 Å². The third-order valence-electron chi connectivity index (χ3n) is 2.68. The smallest absolute Gasteiger partial charge is 0.331 e. The second-order valence-electron chi connectivity index (χ2n) is 3.95. The Labute approximate surface area is 111 Å². The van der Waals surface area contributed by atoms with Crippen molar-refractivity contribution in [3.8, 4) is 5.88 Å². The average molecular weight is 264 g/mol. The Morgan fingerprint density at radius 2 is 2.00 bits per heavy atom. The van der Waals surface area contributed by atoms with E-state index in [0.29, 0.717) is 5.88 Å². The number of ether oxygens (including phenoxy) is 1. The Bertz CT molecular complexity index is 506. The zero-order chi connectivity index (χ0) is 14.4. The molecule has 0 aliphatic heterocycles. The molecule has 0 aromatic carbocycles. The lowest BCUT2D eigenvalue weighted by molar-refractivity contribution is -0.133. The fourth-order valence-electron chi connectivity index (χ4n) is 1.28. The molecule has 19 heavy (non-hydrogen) atoms. The fourth-order valence-corrected chi connectivity index (χ4v) is 1.28. The number of rotatable bonds is 5. The van der Waals surface area contributed by atoms with E-state index < -0.39 is 11.9 Å². The van der Waals surface area contributed by atoms with Gasteiger partial charge in [-0.05, 0) is 19.4 Å². The van der Waals surface area contributed by atoms with Crippen molar-refractivity contribution in [1.82, 2.24) is 10.3 Å². The molecule has 6 nitrogen and oxygen atoms in total. The summed E-state index contributed by atoms with van der Waals surface area (Å²) < 4.78 is 4.92. The highest BCUT2D eigenvalue weighted by molar-refractivity contribution is 6.01. The number of methoxy groups -OCH3 is 1. The molecular formula is C13H16N2O4. The van der Waals surface area contributed by atoms with Gasteiger partial charge in [-0.2, -0.15) is 0 Å². The van der Waals surface area contributed by atoms with E-state index in [1.807, 2.05) is 0 Å². The Morgan fingerprint density at radius 3 is 2.47 bits per heavy atom. The molecule has 0 aliphatic carbocycles. The minimum Gasteiger partial charge on any atom is -0.481 e. The normalized spacial score (nSPS) is 11.5. The highest BCUT2D eigenvalue weighted by Crippen LogP contribution is 2.07. The summed E-state index contributed by atoms with van der Waals surface area (Å²) in [6.07, 6.45) is 1.59. The van der Waals surface area contributed by atoms with Crippen molar-refractivity contribution in [2.45, 2.75) is 20.4 Å². The summed E-state index contributed by atoms with van der Waals surface area (Å²) in [4.78, 5) is 26.4. The molecule has 2 N–H and O–H groups in total. The van der Waals surface area contributed by atoms with Crippen LogP contribution in [0.5, 0.6) is 5.88 Å². The third-order valence-corrected chi connectivity index (χ3v) is 2.68. The summed E-state index contributed by atoms with van der Waals surface area (Å²) in [6, 6.07) is 3.46. The highest BCUT2D eigenvalue weighted by atomic mass is 16.5. The number of carbonyl (C=O) groups excluding carboxylic acids is 1. The molecule has 0 aliphatic rings. The number of pyridine rings is 1. The van der Waals surface area contributed by atoms with Crippen LogP contribution in [-0.4, -0.2) is 29.1 Å². The lowest BCUT2D eigenvalue weighted by atomic mass is 10.1. The second-order valence-corrected chi connectivity index (χ2v) is 3.95. The molecule has 0 unspecified atom stereocenters. The van der Waals surface area contributed by atoms with Crippen LogP contribution in [0, 0.1) is 0 Å². The molecule has 1 heterocycles. The minimum atomic E-state index is -1.10. The molecule has 0 bridgehead atoms. The van der Waals surface area contributed by atoms with Crippen LogP contribution < -0.4 is 10.1 Å². The van der Waals surface area contributed by atoms with Crippen molar-refractivity contribution >= 4 is 11.9 Å². The van der Waals surface area contributed by atoms with E-state index in [2.05, 4.69) is 10.3 Å². The summed E-state index contributed by atoms with van der Waals surface area (Å²) in [5.41, 5.74) is 1.02. The summed E-state index contributed by atoms with van der Waals surface area (Å²) in [7, 11) is 1.52. The summed E-state index contributed by atoms with van der Waals surface area (Å²) in [5.74, 6) is -1.01. The van der Waals surface area contributed by atoms with Crippen LogP contribution in [-0.2, 0) is 16.1 Å².